The second-order valence-corrected chi connectivity index (χ2v) is 13.1. The zero-order valence-corrected chi connectivity index (χ0v) is 26.1. The van der Waals surface area contributed by atoms with E-state index in [1.54, 1.807) is 0 Å². The predicted octanol–water partition coefficient (Wildman–Crippen LogP) is 3.69. The Labute approximate surface area is 245 Å². The molecule has 226 valence electrons. The summed E-state index contributed by atoms with van der Waals surface area (Å²) in [5.41, 5.74) is 5.54. The van der Waals surface area contributed by atoms with Crippen molar-refractivity contribution < 1.29 is 23.1 Å². The molecule has 2 heterocycles. The number of nitriles is 1. The molecule has 0 saturated carbocycles. The minimum atomic E-state index is -3.14. The highest BCUT2D eigenvalue weighted by molar-refractivity contribution is 7.90. The highest BCUT2D eigenvalue weighted by Gasteiger charge is 2.24. The molecule has 0 aliphatic carbocycles. The van der Waals surface area contributed by atoms with Gasteiger partial charge < -0.3 is 15.4 Å². The van der Waals surface area contributed by atoms with Crippen molar-refractivity contribution in [2.45, 2.75) is 78.7 Å². The third kappa shape index (κ3) is 12.4. The Morgan fingerprint density at radius 2 is 2.07 bits per heavy atom. The predicted molar refractivity (Wildman–Crippen MR) is 161 cm³/mol. The Balaban J connectivity index is 2.01. The maximum Gasteiger partial charge on any atom is 0.428 e. The lowest BCUT2D eigenvalue weighted by Gasteiger charge is -2.23. The molecule has 11 heteroatoms. The van der Waals surface area contributed by atoms with Gasteiger partial charge in [-0.3, -0.25) is 10.1 Å². The van der Waals surface area contributed by atoms with Crippen molar-refractivity contribution in [3.8, 4) is 6.07 Å². The van der Waals surface area contributed by atoms with Gasteiger partial charge in [0.15, 0.2) is 5.78 Å². The van der Waals surface area contributed by atoms with Crippen LogP contribution in [0.2, 0.25) is 0 Å². The van der Waals surface area contributed by atoms with Crippen LogP contribution in [0.15, 0.2) is 47.0 Å². The van der Waals surface area contributed by atoms with Gasteiger partial charge in [-0.25, -0.2) is 8.42 Å². The van der Waals surface area contributed by atoms with Crippen LogP contribution >= 0.6 is 0 Å². The molecule has 1 aromatic heterocycles. The molecule has 0 amide bonds. The number of nitrogens with one attached hydrogen (secondary N) is 2. The fourth-order valence-corrected chi connectivity index (χ4v) is 5.22. The summed E-state index contributed by atoms with van der Waals surface area (Å²) in [7, 11) is -3.14. The minimum absolute atomic E-state index is 0.0459. The van der Waals surface area contributed by atoms with Crippen molar-refractivity contribution >= 4 is 21.6 Å². The molecule has 1 atom stereocenters. The third-order valence-electron chi connectivity index (χ3n) is 7.47. The molecule has 0 spiro atoms. The fraction of sp³-hybridized carbons (Fsp3) is 0.600. The highest BCUT2D eigenvalue weighted by atomic mass is 32.2. The third-order valence-corrected chi connectivity index (χ3v) is 8.39. The lowest BCUT2D eigenvalue weighted by molar-refractivity contribution is -0.895. The van der Waals surface area contributed by atoms with E-state index in [2.05, 4.69) is 53.4 Å². The van der Waals surface area contributed by atoms with Gasteiger partial charge in [0.05, 0.1) is 5.75 Å². The second-order valence-electron chi connectivity index (χ2n) is 10.8. The summed E-state index contributed by atoms with van der Waals surface area (Å²) >= 11 is 0. The van der Waals surface area contributed by atoms with Crippen molar-refractivity contribution in [3.63, 3.8) is 0 Å². The molecule has 1 aliphatic rings. The van der Waals surface area contributed by atoms with E-state index < -0.39 is 15.9 Å². The SMILES string of the molecule is CC/C(C)=C(/C=C\C1=C(C)NCCC1)CCCCN(CC[C@H](Nc1ncc(C#N)c[n+]1O)C(C)=O)CCS(C)(=O)=O. The molecule has 0 radical (unpaired) electrons. The second kappa shape index (κ2) is 16.9. The van der Waals surface area contributed by atoms with Crippen LogP contribution in [-0.4, -0.2) is 73.5 Å². The molecule has 1 aliphatic heterocycles. The van der Waals surface area contributed by atoms with Crippen LogP contribution in [0, 0.1) is 11.3 Å². The average molecular weight is 588 g/mol. The standard InChI is InChI=1S/C30H46N6O4S/c1-6-23(2)27(12-13-28-11-9-15-32-24(28)3)10-7-8-16-35(18-19-41(5,39)40)17-14-29(25(4)37)34-30-33-21-26(20-31)22-36(30)38/h12-13,21-22,29,32,38H,6-11,14-19H2,1-5H3/p+1/b13-12-,27-23+/t29-/m0/s1. The first-order valence-electron chi connectivity index (χ1n) is 14.4. The van der Waals surface area contributed by atoms with Crippen LogP contribution in [0.4, 0.5) is 5.95 Å². The molecular weight excluding hydrogens is 540 g/mol. The summed E-state index contributed by atoms with van der Waals surface area (Å²) in [4.78, 5) is 18.5. The number of carbonyl (C=O) groups is 1. The smallest absolute Gasteiger partial charge is 0.388 e. The number of anilines is 1. The van der Waals surface area contributed by atoms with Crippen LogP contribution < -0.4 is 15.4 Å². The minimum Gasteiger partial charge on any atom is -0.388 e. The molecule has 10 nitrogen and oxygen atoms in total. The summed E-state index contributed by atoms with van der Waals surface area (Å²) < 4.78 is 24.5. The van der Waals surface area contributed by atoms with E-state index in [1.807, 2.05) is 6.07 Å². The Morgan fingerprint density at radius 3 is 2.68 bits per heavy atom. The van der Waals surface area contributed by atoms with Gasteiger partial charge in [0.2, 0.25) is 0 Å². The molecule has 2 rings (SSSR count). The van der Waals surface area contributed by atoms with Crippen LogP contribution in [0.3, 0.4) is 0 Å². The number of ketones is 1. The van der Waals surface area contributed by atoms with Gasteiger partial charge in [0, 0.05) is 38.0 Å². The number of Topliss-reactive ketones (excluding diaryl/α,β-unsaturated/α-hetero) is 1. The van der Waals surface area contributed by atoms with Gasteiger partial charge in [-0.15, -0.1) is 0 Å². The van der Waals surface area contributed by atoms with Gasteiger partial charge in [-0.1, -0.05) is 34.4 Å². The van der Waals surface area contributed by atoms with Crippen molar-refractivity contribution in [1.82, 2.24) is 15.2 Å². The molecule has 0 bridgehead atoms. The Morgan fingerprint density at radius 1 is 1.32 bits per heavy atom. The summed E-state index contributed by atoms with van der Waals surface area (Å²) in [6.07, 6.45) is 14.7. The molecule has 0 fully saturated rings. The monoisotopic (exact) mass is 587 g/mol. The number of unbranched alkanes of at least 4 members (excludes halogenated alkanes) is 1. The lowest BCUT2D eigenvalue weighted by Crippen LogP contribution is -2.42. The molecule has 0 unspecified atom stereocenters. The zero-order valence-electron chi connectivity index (χ0n) is 25.2. The average Bonchev–Trinajstić information content (AvgIpc) is 2.93. The van der Waals surface area contributed by atoms with Crippen molar-refractivity contribution in [2.24, 2.45) is 0 Å². The van der Waals surface area contributed by atoms with Gasteiger partial charge >= 0.3 is 5.95 Å². The van der Waals surface area contributed by atoms with Crippen LogP contribution in [0.25, 0.3) is 0 Å². The number of nitrogens with zero attached hydrogens (tertiary/aromatic N) is 4. The van der Waals surface area contributed by atoms with Crippen molar-refractivity contribution in [1.29, 1.82) is 5.26 Å². The van der Waals surface area contributed by atoms with Crippen LogP contribution in [-0.2, 0) is 14.6 Å². The van der Waals surface area contributed by atoms with E-state index in [1.165, 1.54) is 48.0 Å². The summed E-state index contributed by atoms with van der Waals surface area (Å²) in [5, 5.41) is 25.5. The molecule has 3 N–H and O–H groups in total. The molecule has 1 aromatic rings. The molecule has 41 heavy (non-hydrogen) atoms. The fourth-order valence-electron chi connectivity index (χ4n) is 4.63. The number of aromatic nitrogens is 2. The van der Waals surface area contributed by atoms with E-state index in [9.17, 15) is 18.4 Å². The maximum absolute atomic E-state index is 12.4. The first kappa shape index (κ1) is 34.0. The van der Waals surface area contributed by atoms with Gasteiger partial charge in [0.25, 0.3) is 0 Å². The number of allylic oxidation sites excluding steroid dienone is 6. The first-order chi connectivity index (χ1) is 19.4. The first-order valence-corrected chi connectivity index (χ1v) is 16.5. The molecule has 0 aromatic carbocycles. The van der Waals surface area contributed by atoms with Crippen molar-refractivity contribution in [3.05, 3.63) is 52.5 Å². The number of sulfone groups is 1. The lowest BCUT2D eigenvalue weighted by atomic mass is 9.98. The number of hydrogen-bond donors (Lipinski definition) is 3. The van der Waals surface area contributed by atoms with E-state index in [4.69, 9.17) is 5.26 Å². The number of carbonyl (C=O) groups excluding carboxylic acids is 1. The maximum atomic E-state index is 12.4. The largest absolute Gasteiger partial charge is 0.428 e. The van der Waals surface area contributed by atoms with Crippen LogP contribution in [0.1, 0.15) is 78.2 Å². The van der Waals surface area contributed by atoms with E-state index in [0.29, 0.717) is 30.8 Å². The number of rotatable bonds is 17. The summed E-state index contributed by atoms with van der Waals surface area (Å²) in [6, 6.07) is 1.27. The van der Waals surface area contributed by atoms with E-state index in [-0.39, 0.29) is 23.0 Å². The van der Waals surface area contributed by atoms with Gasteiger partial charge in [-0.2, -0.15) is 5.26 Å². The normalized spacial score (nSPS) is 15.4. The highest BCUT2D eigenvalue weighted by Crippen LogP contribution is 2.21. The molecule has 0 saturated heterocycles. The van der Waals surface area contributed by atoms with Crippen LogP contribution in [0.5, 0.6) is 0 Å². The summed E-state index contributed by atoms with van der Waals surface area (Å²) in [6.45, 7) is 10.6. The molecular formula is C30H47N6O4S+. The zero-order chi connectivity index (χ0) is 30.4. The Bertz CT molecular complexity index is 1280. The Hall–Kier alpha value is -3.23. The van der Waals surface area contributed by atoms with Gasteiger partial charge in [0.1, 0.15) is 39.9 Å². The summed E-state index contributed by atoms with van der Waals surface area (Å²) in [5.74, 6) is -0.0283. The van der Waals surface area contributed by atoms with E-state index in [0.717, 1.165) is 45.1 Å². The van der Waals surface area contributed by atoms with E-state index >= 15 is 0 Å². The Kier molecular flexibility index (Phi) is 14.0. The van der Waals surface area contributed by atoms with Gasteiger partial charge in [-0.05, 0) is 77.0 Å². The topological polar surface area (TPSA) is 139 Å². The quantitative estimate of drug-likeness (QED) is 0.108. The van der Waals surface area contributed by atoms with Crippen molar-refractivity contribution in [2.75, 3.05) is 43.5 Å². The number of hydrogen-bond acceptors (Lipinski definition) is 9.